The van der Waals surface area contributed by atoms with Gasteiger partial charge in [0.05, 0.1) is 12.2 Å². The van der Waals surface area contributed by atoms with Gasteiger partial charge in [-0.15, -0.1) is 0 Å². The summed E-state index contributed by atoms with van der Waals surface area (Å²) >= 11 is 0. The molecule has 0 aromatic carbocycles. The molecule has 0 unspecified atom stereocenters. The fourth-order valence-corrected chi connectivity index (χ4v) is 2.61. The van der Waals surface area contributed by atoms with Gasteiger partial charge in [0.1, 0.15) is 11.5 Å². The van der Waals surface area contributed by atoms with Gasteiger partial charge >= 0.3 is 0 Å². The summed E-state index contributed by atoms with van der Waals surface area (Å²) in [5, 5.41) is 11.6. The Bertz CT molecular complexity index is 698. The molecule has 6 heteroatoms. The van der Waals surface area contributed by atoms with Gasteiger partial charge in [-0.2, -0.15) is 0 Å². The van der Waals surface area contributed by atoms with Crippen molar-refractivity contribution in [2.45, 2.75) is 41.0 Å². The number of anilines is 1. The quantitative estimate of drug-likeness (QED) is 0.599. The second kappa shape index (κ2) is 5.96. The monoisotopic (exact) mass is 304 g/mol. The zero-order chi connectivity index (χ0) is 16.5. The van der Waals surface area contributed by atoms with E-state index in [4.69, 9.17) is 5.21 Å². The molecule has 1 amide bonds. The predicted octanol–water partition coefficient (Wildman–Crippen LogP) is 2.46. The summed E-state index contributed by atoms with van der Waals surface area (Å²) in [4.78, 5) is 15.9. The maximum atomic E-state index is 11.3. The topological polar surface area (TPSA) is 78.7 Å². The lowest BCUT2D eigenvalue weighted by molar-refractivity contribution is -0.127. The molecule has 22 heavy (non-hydrogen) atoms. The molecule has 0 radical (unpaired) electrons. The molecule has 120 valence electrons. The lowest BCUT2D eigenvalue weighted by Crippen LogP contribution is -2.27. The van der Waals surface area contributed by atoms with Gasteiger partial charge in [0.15, 0.2) is 0 Å². The van der Waals surface area contributed by atoms with E-state index < -0.39 is 5.91 Å². The fraction of sp³-hybridized carbons (Fsp3) is 0.500. The zero-order valence-corrected chi connectivity index (χ0v) is 13.8. The van der Waals surface area contributed by atoms with Crippen molar-refractivity contribution in [2.24, 2.45) is 5.41 Å². The van der Waals surface area contributed by atoms with Crippen LogP contribution in [0.2, 0.25) is 0 Å². The summed E-state index contributed by atoms with van der Waals surface area (Å²) in [6, 6.07) is 4.14. The average molecular weight is 304 g/mol. The van der Waals surface area contributed by atoms with Crippen LogP contribution in [0.5, 0.6) is 0 Å². The number of rotatable bonds is 4. The van der Waals surface area contributed by atoms with E-state index in [0.29, 0.717) is 5.82 Å². The van der Waals surface area contributed by atoms with Crippen molar-refractivity contribution in [3.8, 4) is 0 Å². The SMILES string of the molecule is Cc1cc(C)n2c(CC(C)(C)C)c(NCC(=O)NO)nc2c1. The van der Waals surface area contributed by atoms with Crippen molar-refractivity contribution in [3.05, 3.63) is 29.1 Å². The van der Waals surface area contributed by atoms with Crippen LogP contribution in [-0.4, -0.2) is 27.0 Å². The minimum Gasteiger partial charge on any atom is -0.359 e. The molecule has 0 aliphatic rings. The third-order valence-electron chi connectivity index (χ3n) is 3.38. The molecule has 2 aromatic heterocycles. The molecule has 0 bridgehead atoms. The fourth-order valence-electron chi connectivity index (χ4n) is 2.61. The van der Waals surface area contributed by atoms with Crippen LogP contribution in [0.25, 0.3) is 5.65 Å². The van der Waals surface area contributed by atoms with Gasteiger partial charge in [-0.3, -0.25) is 14.4 Å². The van der Waals surface area contributed by atoms with E-state index in [1.165, 1.54) is 0 Å². The molecule has 0 aliphatic heterocycles. The number of carbonyl (C=O) groups is 1. The van der Waals surface area contributed by atoms with Crippen LogP contribution in [0, 0.1) is 19.3 Å². The Kier molecular flexibility index (Phi) is 4.42. The number of pyridine rings is 1. The molecule has 0 saturated heterocycles. The Labute approximate surface area is 130 Å². The van der Waals surface area contributed by atoms with E-state index in [1.807, 2.05) is 13.0 Å². The first-order valence-electron chi connectivity index (χ1n) is 7.36. The Hall–Kier alpha value is -2.08. The highest BCUT2D eigenvalue weighted by atomic mass is 16.5. The lowest BCUT2D eigenvalue weighted by atomic mass is 9.90. The number of carbonyl (C=O) groups excluding carboxylic acids is 1. The summed E-state index contributed by atoms with van der Waals surface area (Å²) in [7, 11) is 0. The molecule has 2 aromatic rings. The molecule has 0 saturated carbocycles. The van der Waals surface area contributed by atoms with Crippen molar-refractivity contribution in [1.82, 2.24) is 14.9 Å². The highest BCUT2D eigenvalue weighted by Gasteiger charge is 2.20. The van der Waals surface area contributed by atoms with Gasteiger partial charge in [-0.05, 0) is 43.4 Å². The summed E-state index contributed by atoms with van der Waals surface area (Å²) in [5.74, 6) is 0.193. The molecular weight excluding hydrogens is 280 g/mol. The lowest BCUT2D eigenvalue weighted by Gasteiger charge is -2.19. The first kappa shape index (κ1) is 16.3. The Morgan fingerprint density at radius 3 is 2.59 bits per heavy atom. The van der Waals surface area contributed by atoms with E-state index in [9.17, 15) is 4.79 Å². The number of hydrogen-bond donors (Lipinski definition) is 3. The molecule has 0 spiro atoms. The van der Waals surface area contributed by atoms with Crippen molar-refractivity contribution in [1.29, 1.82) is 0 Å². The van der Waals surface area contributed by atoms with Gasteiger partial charge in [0.2, 0.25) is 0 Å². The third-order valence-corrected chi connectivity index (χ3v) is 3.38. The summed E-state index contributed by atoms with van der Waals surface area (Å²) < 4.78 is 2.12. The molecule has 2 rings (SSSR count). The Morgan fingerprint density at radius 2 is 2.00 bits per heavy atom. The minimum atomic E-state index is -0.494. The van der Waals surface area contributed by atoms with Crippen LogP contribution in [0.4, 0.5) is 5.82 Å². The maximum Gasteiger partial charge on any atom is 0.262 e. The van der Waals surface area contributed by atoms with E-state index in [0.717, 1.165) is 29.0 Å². The van der Waals surface area contributed by atoms with Crippen LogP contribution in [-0.2, 0) is 11.2 Å². The molecule has 0 aliphatic carbocycles. The summed E-state index contributed by atoms with van der Waals surface area (Å²) in [6.07, 6.45) is 0.821. The smallest absolute Gasteiger partial charge is 0.262 e. The normalized spacial score (nSPS) is 11.7. The number of aryl methyl sites for hydroxylation is 2. The van der Waals surface area contributed by atoms with E-state index >= 15 is 0 Å². The van der Waals surface area contributed by atoms with Crippen molar-refractivity contribution in [2.75, 3.05) is 11.9 Å². The first-order valence-corrected chi connectivity index (χ1v) is 7.36. The molecule has 3 N–H and O–H groups in total. The predicted molar refractivity (Wildman–Crippen MR) is 86.2 cm³/mol. The number of nitrogens with zero attached hydrogens (tertiary/aromatic N) is 2. The number of amides is 1. The van der Waals surface area contributed by atoms with E-state index in [1.54, 1.807) is 5.48 Å². The number of hydroxylamine groups is 1. The number of aromatic nitrogens is 2. The highest BCUT2D eigenvalue weighted by molar-refractivity contribution is 5.79. The number of hydrogen-bond acceptors (Lipinski definition) is 4. The molecule has 6 nitrogen and oxygen atoms in total. The summed E-state index contributed by atoms with van der Waals surface area (Å²) in [6.45, 7) is 10.6. The van der Waals surface area contributed by atoms with Crippen molar-refractivity contribution >= 4 is 17.4 Å². The largest absolute Gasteiger partial charge is 0.359 e. The van der Waals surface area contributed by atoms with Gasteiger partial charge in [0, 0.05) is 5.69 Å². The standard InChI is InChI=1S/C16H24N4O2/c1-10-6-11(2)20-12(8-16(3,4)5)15(18-13(20)7-10)17-9-14(21)19-22/h6-7,17,22H,8-9H2,1-5H3,(H,19,21). The Balaban J connectivity index is 2.51. The van der Waals surface area contributed by atoms with Gasteiger partial charge in [0.25, 0.3) is 5.91 Å². The van der Waals surface area contributed by atoms with Crippen LogP contribution in [0.15, 0.2) is 12.1 Å². The minimum absolute atomic E-state index is 0.0183. The molecule has 2 heterocycles. The van der Waals surface area contributed by atoms with Crippen molar-refractivity contribution in [3.63, 3.8) is 0 Å². The van der Waals surface area contributed by atoms with Gasteiger partial charge < -0.3 is 5.32 Å². The second-order valence-electron chi connectivity index (χ2n) is 6.90. The molecule has 0 atom stereocenters. The number of nitrogens with one attached hydrogen (secondary N) is 2. The highest BCUT2D eigenvalue weighted by Crippen LogP contribution is 2.28. The van der Waals surface area contributed by atoms with E-state index in [2.05, 4.69) is 48.5 Å². The number of imidazole rings is 1. The first-order chi connectivity index (χ1) is 10.2. The zero-order valence-electron chi connectivity index (χ0n) is 13.8. The number of fused-ring (bicyclic) bond motifs is 1. The van der Waals surface area contributed by atoms with E-state index in [-0.39, 0.29) is 12.0 Å². The van der Waals surface area contributed by atoms with Crippen molar-refractivity contribution < 1.29 is 10.0 Å². The molecular formula is C16H24N4O2. The molecule has 0 fully saturated rings. The third kappa shape index (κ3) is 3.57. The van der Waals surface area contributed by atoms with Crippen LogP contribution < -0.4 is 10.8 Å². The van der Waals surface area contributed by atoms with Gasteiger partial charge in [-0.25, -0.2) is 10.5 Å². The van der Waals surface area contributed by atoms with Gasteiger partial charge in [-0.1, -0.05) is 20.8 Å². The van der Waals surface area contributed by atoms with Crippen LogP contribution >= 0.6 is 0 Å². The maximum absolute atomic E-state index is 11.3. The Morgan fingerprint density at radius 1 is 1.32 bits per heavy atom. The summed E-state index contributed by atoms with van der Waals surface area (Å²) in [5.41, 5.74) is 5.88. The average Bonchev–Trinajstić information content (AvgIpc) is 2.71. The van der Waals surface area contributed by atoms with Crippen LogP contribution in [0.3, 0.4) is 0 Å². The van der Waals surface area contributed by atoms with Crippen LogP contribution in [0.1, 0.15) is 37.7 Å². The second-order valence-corrected chi connectivity index (χ2v) is 6.90.